The lowest BCUT2D eigenvalue weighted by molar-refractivity contribution is -0.384. The number of nitrogens with one attached hydrogen (secondary N) is 1. The Balaban J connectivity index is 1.92. The maximum Gasteiger partial charge on any atom is 0.315 e. The van der Waals surface area contributed by atoms with Gasteiger partial charge in [-0.3, -0.25) is 19.7 Å². The first kappa shape index (κ1) is 17.8. The molecule has 1 amide bonds. The van der Waals surface area contributed by atoms with Gasteiger partial charge in [-0.15, -0.1) is 23.2 Å². The predicted octanol–water partition coefficient (Wildman–Crippen LogP) is 3.31. The molecule has 0 spiro atoms. The van der Waals surface area contributed by atoms with Crippen molar-refractivity contribution in [3.63, 3.8) is 0 Å². The van der Waals surface area contributed by atoms with Crippen LogP contribution in [-0.2, 0) is 14.3 Å². The number of rotatable bonds is 5. The fraction of sp³-hybridized carbons (Fsp3) is 0.385. The van der Waals surface area contributed by atoms with Crippen molar-refractivity contribution < 1.29 is 19.2 Å². The lowest BCUT2D eigenvalue weighted by Crippen LogP contribution is -2.26. The predicted molar refractivity (Wildman–Crippen MR) is 84.9 cm³/mol. The molecule has 0 heterocycles. The molecule has 1 N–H and O–H groups in total. The molecule has 2 rings (SSSR count). The summed E-state index contributed by atoms with van der Waals surface area (Å²) in [7, 11) is 0. The zero-order chi connectivity index (χ0) is 17.4. The van der Waals surface area contributed by atoms with Crippen LogP contribution in [0.4, 0.5) is 11.4 Å². The minimum atomic E-state index is -1.18. The standard InChI is InChI=1S/C13H11Cl3N2O5/c1-12(6-13(12,15)16)11(20)23-5-10(19)17-7-2-3-8(14)9(4-7)18(21)22/h2-4H,5-6H2,1H3,(H,17,19)/t12-/m1/s1. The number of ether oxygens (including phenoxy) is 1. The van der Waals surface area contributed by atoms with Crippen molar-refractivity contribution in [3.8, 4) is 0 Å². The number of carbonyl (C=O) groups is 2. The third-order valence-electron chi connectivity index (χ3n) is 3.47. The first-order valence-corrected chi connectivity index (χ1v) is 7.49. The van der Waals surface area contributed by atoms with Crippen LogP contribution in [0.3, 0.4) is 0 Å². The van der Waals surface area contributed by atoms with Gasteiger partial charge in [0.2, 0.25) is 0 Å². The molecule has 1 atom stereocenters. The first-order chi connectivity index (χ1) is 10.6. The molecule has 1 saturated carbocycles. The number of halogens is 3. The molecule has 0 saturated heterocycles. The highest BCUT2D eigenvalue weighted by Gasteiger charge is 2.69. The van der Waals surface area contributed by atoms with E-state index in [4.69, 9.17) is 39.5 Å². The summed E-state index contributed by atoms with van der Waals surface area (Å²) in [6.45, 7) is 0.977. The Morgan fingerprint density at radius 3 is 2.57 bits per heavy atom. The van der Waals surface area contributed by atoms with Gasteiger partial charge in [-0.1, -0.05) is 11.6 Å². The van der Waals surface area contributed by atoms with Gasteiger partial charge >= 0.3 is 5.97 Å². The third-order valence-corrected chi connectivity index (χ3v) is 4.89. The number of nitro groups is 1. The largest absolute Gasteiger partial charge is 0.455 e. The minimum Gasteiger partial charge on any atom is -0.455 e. The molecule has 0 aromatic heterocycles. The van der Waals surface area contributed by atoms with Crippen molar-refractivity contribution in [1.82, 2.24) is 0 Å². The van der Waals surface area contributed by atoms with E-state index in [0.29, 0.717) is 0 Å². The normalized spacial score (nSPS) is 21.4. The average molecular weight is 382 g/mol. The van der Waals surface area contributed by atoms with Gasteiger partial charge in [-0.25, -0.2) is 0 Å². The van der Waals surface area contributed by atoms with Gasteiger partial charge in [0, 0.05) is 18.2 Å². The number of hydrogen-bond acceptors (Lipinski definition) is 5. The molecule has 10 heteroatoms. The molecule has 1 aromatic carbocycles. The molecule has 1 aliphatic carbocycles. The van der Waals surface area contributed by atoms with Crippen LogP contribution < -0.4 is 5.32 Å². The minimum absolute atomic E-state index is 0.0540. The molecule has 1 aliphatic rings. The Bertz CT molecular complexity index is 694. The van der Waals surface area contributed by atoms with Crippen LogP contribution in [-0.4, -0.2) is 27.7 Å². The third kappa shape index (κ3) is 3.68. The molecule has 0 aliphatic heterocycles. The van der Waals surface area contributed by atoms with E-state index in [1.807, 2.05) is 0 Å². The fourth-order valence-corrected chi connectivity index (χ4v) is 2.71. The molecule has 0 bridgehead atoms. The van der Waals surface area contributed by atoms with E-state index in [9.17, 15) is 19.7 Å². The van der Waals surface area contributed by atoms with Crippen molar-refractivity contribution in [2.75, 3.05) is 11.9 Å². The second-order valence-electron chi connectivity index (χ2n) is 5.26. The Morgan fingerprint density at radius 1 is 1.43 bits per heavy atom. The molecule has 1 fully saturated rings. The summed E-state index contributed by atoms with van der Waals surface area (Å²) < 4.78 is 3.68. The molecule has 124 valence electrons. The smallest absolute Gasteiger partial charge is 0.315 e. The van der Waals surface area contributed by atoms with Gasteiger partial charge in [0.1, 0.15) is 14.8 Å². The van der Waals surface area contributed by atoms with E-state index in [2.05, 4.69) is 5.32 Å². The van der Waals surface area contributed by atoms with Crippen molar-refractivity contribution in [2.24, 2.45) is 5.41 Å². The summed E-state index contributed by atoms with van der Waals surface area (Å²) in [6.07, 6.45) is 0.243. The van der Waals surface area contributed by atoms with Gasteiger partial charge in [0.15, 0.2) is 6.61 Å². The van der Waals surface area contributed by atoms with E-state index >= 15 is 0 Å². The van der Waals surface area contributed by atoms with Crippen LogP contribution in [0.2, 0.25) is 5.02 Å². The number of benzene rings is 1. The number of amides is 1. The van der Waals surface area contributed by atoms with Crippen LogP contribution in [0.5, 0.6) is 0 Å². The highest BCUT2D eigenvalue weighted by molar-refractivity contribution is 6.53. The number of nitro benzene ring substituents is 1. The highest BCUT2D eigenvalue weighted by atomic mass is 35.5. The number of hydrogen-bond donors (Lipinski definition) is 1. The second-order valence-corrected chi connectivity index (χ2v) is 7.15. The van der Waals surface area contributed by atoms with E-state index in [-0.39, 0.29) is 22.8 Å². The molecule has 7 nitrogen and oxygen atoms in total. The second kappa shape index (κ2) is 6.14. The van der Waals surface area contributed by atoms with Crippen molar-refractivity contribution >= 4 is 58.1 Å². The van der Waals surface area contributed by atoms with Gasteiger partial charge < -0.3 is 10.1 Å². The Morgan fingerprint density at radius 2 is 2.04 bits per heavy atom. The monoisotopic (exact) mass is 380 g/mol. The highest BCUT2D eigenvalue weighted by Crippen LogP contribution is 2.64. The summed E-state index contributed by atoms with van der Waals surface area (Å²) >= 11 is 17.3. The number of esters is 1. The van der Waals surface area contributed by atoms with Gasteiger partial charge in [0.05, 0.1) is 4.92 Å². The molecule has 23 heavy (non-hydrogen) atoms. The Labute approximate surface area is 146 Å². The maximum atomic E-state index is 11.8. The number of carbonyl (C=O) groups excluding carboxylic acids is 2. The SMILES string of the molecule is C[C@]1(C(=O)OCC(=O)Nc2ccc(Cl)c([N+](=O)[O-])c2)CC1(Cl)Cl. The summed E-state index contributed by atoms with van der Waals surface area (Å²) in [5, 5.41) is 13.1. The van der Waals surface area contributed by atoms with E-state index in [1.54, 1.807) is 0 Å². The van der Waals surface area contributed by atoms with Crippen LogP contribution >= 0.6 is 34.8 Å². The zero-order valence-electron chi connectivity index (χ0n) is 11.8. The van der Waals surface area contributed by atoms with Crippen LogP contribution in [0.15, 0.2) is 18.2 Å². The summed E-state index contributed by atoms with van der Waals surface area (Å²) in [4.78, 5) is 33.6. The fourth-order valence-electron chi connectivity index (χ4n) is 1.84. The van der Waals surface area contributed by atoms with Crippen LogP contribution in [0.25, 0.3) is 0 Å². The first-order valence-electron chi connectivity index (χ1n) is 6.36. The average Bonchev–Trinajstić information content (AvgIpc) is 2.98. The van der Waals surface area contributed by atoms with Crippen molar-refractivity contribution in [3.05, 3.63) is 33.3 Å². The number of nitrogens with zero attached hydrogens (tertiary/aromatic N) is 1. The van der Waals surface area contributed by atoms with E-state index in [1.165, 1.54) is 19.1 Å². The Kier molecular flexibility index (Phi) is 4.75. The Hall–Kier alpha value is -1.57. The van der Waals surface area contributed by atoms with Crippen molar-refractivity contribution in [1.29, 1.82) is 0 Å². The summed E-state index contributed by atoms with van der Waals surface area (Å²) in [6, 6.07) is 3.77. The van der Waals surface area contributed by atoms with E-state index < -0.39 is 33.2 Å². The lowest BCUT2D eigenvalue weighted by atomic mass is 10.1. The number of anilines is 1. The topological polar surface area (TPSA) is 98.5 Å². The van der Waals surface area contributed by atoms with E-state index in [0.717, 1.165) is 6.07 Å². The number of alkyl halides is 2. The molecule has 0 unspecified atom stereocenters. The zero-order valence-corrected chi connectivity index (χ0v) is 14.0. The van der Waals surface area contributed by atoms with Gasteiger partial charge in [0.25, 0.3) is 11.6 Å². The lowest BCUT2D eigenvalue weighted by Gasteiger charge is -2.11. The summed E-state index contributed by atoms with van der Waals surface area (Å²) in [5.41, 5.74) is -1.22. The molecular formula is C13H11Cl3N2O5. The summed E-state index contributed by atoms with van der Waals surface area (Å²) in [5.74, 6) is -1.34. The maximum absolute atomic E-state index is 11.8. The molecular weight excluding hydrogens is 371 g/mol. The van der Waals surface area contributed by atoms with Crippen LogP contribution in [0.1, 0.15) is 13.3 Å². The molecule has 0 radical (unpaired) electrons. The van der Waals surface area contributed by atoms with Crippen molar-refractivity contribution in [2.45, 2.75) is 17.7 Å². The quantitative estimate of drug-likeness (QED) is 0.365. The van der Waals surface area contributed by atoms with Crippen LogP contribution in [0, 0.1) is 15.5 Å². The van der Waals surface area contributed by atoms with Gasteiger partial charge in [-0.05, 0) is 19.1 Å². The van der Waals surface area contributed by atoms with Gasteiger partial charge in [-0.2, -0.15) is 0 Å². The molecule has 1 aromatic rings.